The third-order valence-corrected chi connectivity index (χ3v) is 3.47. The standard InChI is InChI=1S/C16H22N2O/c1-10(2)16(19)17-8-7-13-12(4)18-15-6-5-11(3)9-14(13)15/h5-6,9-10,18H,7-8H2,1-4H3,(H,17,19). The Kier molecular flexibility index (Phi) is 3.93. The van der Waals surface area contributed by atoms with E-state index in [1.165, 1.54) is 27.7 Å². The molecule has 102 valence electrons. The van der Waals surface area contributed by atoms with Gasteiger partial charge in [-0.05, 0) is 38.0 Å². The van der Waals surface area contributed by atoms with Crippen LogP contribution in [0, 0.1) is 19.8 Å². The first kappa shape index (κ1) is 13.7. The summed E-state index contributed by atoms with van der Waals surface area (Å²) >= 11 is 0. The van der Waals surface area contributed by atoms with Crippen molar-refractivity contribution in [3.63, 3.8) is 0 Å². The van der Waals surface area contributed by atoms with Gasteiger partial charge in [0.05, 0.1) is 0 Å². The molecule has 0 saturated carbocycles. The highest BCUT2D eigenvalue weighted by atomic mass is 16.1. The van der Waals surface area contributed by atoms with Gasteiger partial charge in [0.1, 0.15) is 0 Å². The van der Waals surface area contributed by atoms with Crippen LogP contribution in [-0.2, 0) is 11.2 Å². The summed E-state index contributed by atoms with van der Waals surface area (Å²) < 4.78 is 0. The lowest BCUT2D eigenvalue weighted by atomic mass is 10.1. The summed E-state index contributed by atoms with van der Waals surface area (Å²) in [5, 5.41) is 4.25. The molecular weight excluding hydrogens is 236 g/mol. The van der Waals surface area contributed by atoms with Crippen LogP contribution in [0.2, 0.25) is 0 Å². The molecule has 0 saturated heterocycles. The van der Waals surface area contributed by atoms with E-state index in [1.54, 1.807) is 0 Å². The second-order valence-electron chi connectivity index (χ2n) is 5.47. The van der Waals surface area contributed by atoms with Crippen molar-refractivity contribution >= 4 is 16.8 Å². The molecule has 1 amide bonds. The summed E-state index contributed by atoms with van der Waals surface area (Å²) in [5.74, 6) is 0.167. The van der Waals surface area contributed by atoms with Crippen molar-refractivity contribution in [3.05, 3.63) is 35.0 Å². The summed E-state index contributed by atoms with van der Waals surface area (Å²) in [6.45, 7) is 8.71. The first-order chi connectivity index (χ1) is 8.99. The number of amides is 1. The van der Waals surface area contributed by atoms with Crippen LogP contribution in [0.5, 0.6) is 0 Å². The van der Waals surface area contributed by atoms with Gasteiger partial charge in [-0.2, -0.15) is 0 Å². The fourth-order valence-electron chi connectivity index (χ4n) is 2.33. The number of aromatic amines is 1. The van der Waals surface area contributed by atoms with Crippen LogP contribution < -0.4 is 5.32 Å². The lowest BCUT2D eigenvalue weighted by molar-refractivity contribution is -0.123. The Bertz CT molecular complexity index is 596. The van der Waals surface area contributed by atoms with Crippen molar-refractivity contribution in [3.8, 4) is 0 Å². The van der Waals surface area contributed by atoms with Gasteiger partial charge in [0.2, 0.25) is 5.91 Å². The molecule has 2 rings (SSSR count). The molecule has 3 nitrogen and oxygen atoms in total. The number of carbonyl (C=O) groups excluding carboxylic acids is 1. The molecule has 0 unspecified atom stereocenters. The Morgan fingerprint density at radius 1 is 1.32 bits per heavy atom. The molecule has 0 aliphatic carbocycles. The number of hydrogen-bond donors (Lipinski definition) is 2. The van der Waals surface area contributed by atoms with Crippen LogP contribution >= 0.6 is 0 Å². The topological polar surface area (TPSA) is 44.9 Å². The molecule has 1 aromatic carbocycles. The van der Waals surface area contributed by atoms with Crippen LogP contribution in [0.4, 0.5) is 0 Å². The van der Waals surface area contributed by atoms with E-state index >= 15 is 0 Å². The van der Waals surface area contributed by atoms with Gasteiger partial charge in [-0.1, -0.05) is 25.5 Å². The van der Waals surface area contributed by atoms with Gasteiger partial charge in [-0.3, -0.25) is 4.79 Å². The fourth-order valence-corrected chi connectivity index (χ4v) is 2.33. The maximum Gasteiger partial charge on any atom is 0.222 e. The number of benzene rings is 1. The van der Waals surface area contributed by atoms with Gasteiger partial charge in [-0.25, -0.2) is 0 Å². The molecule has 0 aliphatic heterocycles. The number of hydrogen-bond acceptors (Lipinski definition) is 1. The largest absolute Gasteiger partial charge is 0.358 e. The van der Waals surface area contributed by atoms with Crippen molar-refractivity contribution in [2.24, 2.45) is 5.92 Å². The smallest absolute Gasteiger partial charge is 0.222 e. The third-order valence-electron chi connectivity index (χ3n) is 3.47. The molecule has 0 bridgehead atoms. The zero-order chi connectivity index (χ0) is 14.0. The van der Waals surface area contributed by atoms with Crippen molar-refractivity contribution in [1.82, 2.24) is 10.3 Å². The second-order valence-corrected chi connectivity index (χ2v) is 5.47. The number of rotatable bonds is 4. The maximum absolute atomic E-state index is 11.6. The molecule has 19 heavy (non-hydrogen) atoms. The Labute approximate surface area is 114 Å². The molecule has 0 atom stereocenters. The average Bonchev–Trinajstić information content (AvgIpc) is 2.65. The maximum atomic E-state index is 11.6. The Balaban J connectivity index is 2.14. The first-order valence-corrected chi connectivity index (χ1v) is 6.84. The quantitative estimate of drug-likeness (QED) is 0.869. The molecule has 1 aromatic heterocycles. The zero-order valence-electron chi connectivity index (χ0n) is 12.1. The van der Waals surface area contributed by atoms with E-state index in [1.807, 2.05) is 13.8 Å². The highest BCUT2D eigenvalue weighted by Gasteiger charge is 2.10. The Morgan fingerprint density at radius 2 is 2.05 bits per heavy atom. The molecule has 0 fully saturated rings. The third kappa shape index (κ3) is 2.98. The minimum Gasteiger partial charge on any atom is -0.358 e. The average molecular weight is 258 g/mol. The lowest BCUT2D eigenvalue weighted by Gasteiger charge is -2.07. The van der Waals surface area contributed by atoms with Crippen LogP contribution in [0.3, 0.4) is 0 Å². The van der Waals surface area contributed by atoms with Crippen molar-refractivity contribution in [2.45, 2.75) is 34.1 Å². The predicted octanol–water partition coefficient (Wildman–Crippen LogP) is 3.10. The van der Waals surface area contributed by atoms with Crippen molar-refractivity contribution < 1.29 is 4.79 Å². The summed E-state index contributed by atoms with van der Waals surface area (Å²) in [4.78, 5) is 15.0. The molecule has 2 aromatic rings. The van der Waals surface area contributed by atoms with E-state index in [4.69, 9.17) is 0 Å². The molecule has 0 aliphatic rings. The van der Waals surface area contributed by atoms with Gasteiger partial charge in [-0.15, -0.1) is 0 Å². The monoisotopic (exact) mass is 258 g/mol. The Morgan fingerprint density at radius 3 is 2.74 bits per heavy atom. The summed E-state index contributed by atoms with van der Waals surface area (Å²) in [7, 11) is 0. The van der Waals surface area contributed by atoms with Gasteiger partial charge in [0.25, 0.3) is 0 Å². The first-order valence-electron chi connectivity index (χ1n) is 6.84. The molecule has 0 spiro atoms. The van der Waals surface area contributed by atoms with Gasteiger partial charge in [0, 0.05) is 29.1 Å². The van der Waals surface area contributed by atoms with Gasteiger partial charge in [0.15, 0.2) is 0 Å². The highest BCUT2D eigenvalue weighted by Crippen LogP contribution is 2.23. The van der Waals surface area contributed by atoms with Crippen LogP contribution in [-0.4, -0.2) is 17.4 Å². The summed E-state index contributed by atoms with van der Waals surface area (Å²) in [6, 6.07) is 6.44. The van der Waals surface area contributed by atoms with Crippen molar-refractivity contribution in [2.75, 3.05) is 6.54 Å². The zero-order valence-corrected chi connectivity index (χ0v) is 12.1. The van der Waals surface area contributed by atoms with E-state index in [-0.39, 0.29) is 11.8 Å². The molecule has 1 heterocycles. The normalized spacial score (nSPS) is 11.2. The van der Waals surface area contributed by atoms with Crippen LogP contribution in [0.25, 0.3) is 10.9 Å². The number of nitrogens with one attached hydrogen (secondary N) is 2. The van der Waals surface area contributed by atoms with E-state index in [0.29, 0.717) is 6.54 Å². The van der Waals surface area contributed by atoms with Gasteiger partial charge >= 0.3 is 0 Å². The molecule has 3 heteroatoms. The minimum absolute atomic E-state index is 0.0475. The summed E-state index contributed by atoms with van der Waals surface area (Å²) in [6.07, 6.45) is 0.869. The number of aryl methyl sites for hydroxylation is 2. The minimum atomic E-state index is 0.0475. The second kappa shape index (κ2) is 5.47. The fraction of sp³-hybridized carbons (Fsp3) is 0.438. The van der Waals surface area contributed by atoms with Crippen molar-refractivity contribution in [1.29, 1.82) is 0 Å². The number of aromatic nitrogens is 1. The molecule has 2 N–H and O–H groups in total. The predicted molar refractivity (Wildman–Crippen MR) is 79.3 cm³/mol. The van der Waals surface area contributed by atoms with E-state index < -0.39 is 0 Å². The molecular formula is C16H22N2O. The highest BCUT2D eigenvalue weighted by molar-refractivity contribution is 5.85. The van der Waals surface area contributed by atoms with E-state index in [9.17, 15) is 4.79 Å². The summed E-state index contributed by atoms with van der Waals surface area (Å²) in [5.41, 5.74) is 4.94. The Hall–Kier alpha value is -1.77. The number of H-pyrrole nitrogens is 1. The lowest BCUT2D eigenvalue weighted by Crippen LogP contribution is -2.29. The van der Waals surface area contributed by atoms with E-state index in [2.05, 4.69) is 42.3 Å². The number of fused-ring (bicyclic) bond motifs is 1. The van der Waals surface area contributed by atoms with Crippen LogP contribution in [0.1, 0.15) is 30.7 Å². The molecule has 0 radical (unpaired) electrons. The van der Waals surface area contributed by atoms with Gasteiger partial charge < -0.3 is 10.3 Å². The van der Waals surface area contributed by atoms with Crippen LogP contribution in [0.15, 0.2) is 18.2 Å². The van der Waals surface area contributed by atoms with E-state index in [0.717, 1.165) is 6.42 Å². The number of carbonyl (C=O) groups is 1. The SMILES string of the molecule is Cc1ccc2[nH]c(C)c(CCNC(=O)C(C)C)c2c1.